The molecule has 1 aliphatic rings. The van der Waals surface area contributed by atoms with Crippen molar-refractivity contribution in [2.75, 3.05) is 0 Å². The number of rotatable bonds is 1. The molecule has 0 saturated carbocycles. The fourth-order valence-electron chi connectivity index (χ4n) is 2.49. The second-order valence-electron chi connectivity index (χ2n) is 4.10. The standard InChI is InChI=1S/C15H15N.C2H6/c1-2-16-14-10-5-3-4-8-12(14)13-9-6-7-11-15(13)16;1-2/h4-11H,2-3H2,1H3;1-2H3. The van der Waals surface area contributed by atoms with E-state index in [9.17, 15) is 0 Å². The highest BCUT2D eigenvalue weighted by Gasteiger charge is 2.12. The highest BCUT2D eigenvalue weighted by atomic mass is 15.0. The third-order valence-corrected chi connectivity index (χ3v) is 3.20. The maximum Gasteiger partial charge on any atom is 0.0491 e. The maximum absolute atomic E-state index is 2.39. The number of allylic oxidation sites excluding steroid dienone is 2. The molecule has 0 N–H and O–H groups in total. The van der Waals surface area contributed by atoms with Gasteiger partial charge in [0, 0.05) is 28.7 Å². The third-order valence-electron chi connectivity index (χ3n) is 3.20. The van der Waals surface area contributed by atoms with Crippen LogP contribution in [0.25, 0.3) is 23.1 Å². The quantitative estimate of drug-likeness (QED) is 0.651. The number of benzene rings is 1. The average molecular weight is 239 g/mol. The molecular weight excluding hydrogens is 218 g/mol. The first-order valence-corrected chi connectivity index (χ1v) is 6.86. The molecule has 0 unspecified atom stereocenters. The lowest BCUT2D eigenvalue weighted by Gasteiger charge is -2.03. The molecular formula is C17H21N. The zero-order chi connectivity index (χ0) is 13.0. The molecule has 2 aromatic rings. The van der Waals surface area contributed by atoms with E-state index in [1.807, 2.05) is 13.8 Å². The first-order valence-electron chi connectivity index (χ1n) is 6.86. The van der Waals surface area contributed by atoms with Crippen LogP contribution in [0, 0.1) is 0 Å². The van der Waals surface area contributed by atoms with E-state index in [0.717, 1.165) is 13.0 Å². The van der Waals surface area contributed by atoms with E-state index >= 15 is 0 Å². The molecule has 18 heavy (non-hydrogen) atoms. The first kappa shape index (κ1) is 12.7. The normalized spacial score (nSPS) is 12.8. The Balaban J connectivity index is 0.000000574. The summed E-state index contributed by atoms with van der Waals surface area (Å²) in [7, 11) is 0. The number of aryl methyl sites for hydroxylation is 1. The highest BCUT2D eigenvalue weighted by molar-refractivity contribution is 5.94. The fourth-order valence-corrected chi connectivity index (χ4v) is 2.49. The molecule has 0 aliphatic heterocycles. The van der Waals surface area contributed by atoms with Gasteiger partial charge in [-0.05, 0) is 25.5 Å². The minimum Gasteiger partial charge on any atom is -0.341 e. The second-order valence-corrected chi connectivity index (χ2v) is 4.10. The Morgan fingerprint density at radius 2 is 1.78 bits per heavy atom. The summed E-state index contributed by atoms with van der Waals surface area (Å²) in [6, 6.07) is 8.64. The van der Waals surface area contributed by atoms with Gasteiger partial charge in [-0.15, -0.1) is 0 Å². The summed E-state index contributed by atoms with van der Waals surface area (Å²) >= 11 is 0. The van der Waals surface area contributed by atoms with Crippen LogP contribution in [0.1, 0.15) is 38.4 Å². The van der Waals surface area contributed by atoms with Crippen LogP contribution in [0.4, 0.5) is 0 Å². The molecule has 3 rings (SSSR count). The van der Waals surface area contributed by atoms with Gasteiger partial charge in [-0.25, -0.2) is 0 Å². The molecule has 1 heteroatoms. The van der Waals surface area contributed by atoms with E-state index in [4.69, 9.17) is 0 Å². The summed E-state index contributed by atoms with van der Waals surface area (Å²) in [5.41, 5.74) is 4.05. The maximum atomic E-state index is 2.39. The molecule has 1 aromatic carbocycles. The molecule has 0 fully saturated rings. The first-order chi connectivity index (χ1) is 8.92. The van der Waals surface area contributed by atoms with Crippen molar-refractivity contribution >= 4 is 23.1 Å². The summed E-state index contributed by atoms with van der Waals surface area (Å²) in [6.45, 7) is 7.23. The number of hydrogen-bond acceptors (Lipinski definition) is 0. The van der Waals surface area contributed by atoms with Crippen molar-refractivity contribution in [3.05, 3.63) is 47.7 Å². The van der Waals surface area contributed by atoms with Gasteiger partial charge < -0.3 is 4.57 Å². The Labute approximate surface area is 109 Å². The van der Waals surface area contributed by atoms with E-state index in [2.05, 4.69) is 60.1 Å². The summed E-state index contributed by atoms with van der Waals surface area (Å²) in [6.07, 6.45) is 10.00. The van der Waals surface area contributed by atoms with Crippen LogP contribution in [0.2, 0.25) is 0 Å². The molecule has 1 heterocycles. The zero-order valence-corrected chi connectivity index (χ0v) is 11.5. The SMILES string of the molecule is CC.CCn1c2c(c3ccccc31)C=CCC=C2. The molecule has 0 bridgehead atoms. The predicted octanol–water partition coefficient (Wildman–Crippen LogP) is 5.12. The molecule has 0 saturated heterocycles. The summed E-state index contributed by atoms with van der Waals surface area (Å²) < 4.78 is 2.39. The van der Waals surface area contributed by atoms with E-state index in [1.165, 1.54) is 22.2 Å². The fraction of sp³-hybridized carbons (Fsp3) is 0.294. The Morgan fingerprint density at radius 1 is 1.06 bits per heavy atom. The summed E-state index contributed by atoms with van der Waals surface area (Å²) in [4.78, 5) is 0. The predicted molar refractivity (Wildman–Crippen MR) is 81.6 cm³/mol. The van der Waals surface area contributed by atoms with Crippen molar-refractivity contribution in [1.29, 1.82) is 0 Å². The van der Waals surface area contributed by atoms with Crippen LogP contribution < -0.4 is 0 Å². The molecule has 1 aliphatic carbocycles. The number of aromatic nitrogens is 1. The Bertz CT molecular complexity index is 585. The number of hydrogen-bond donors (Lipinski definition) is 0. The van der Waals surface area contributed by atoms with Crippen molar-refractivity contribution in [1.82, 2.24) is 4.57 Å². The van der Waals surface area contributed by atoms with Crippen molar-refractivity contribution in [2.45, 2.75) is 33.7 Å². The summed E-state index contributed by atoms with van der Waals surface area (Å²) in [5.74, 6) is 0. The topological polar surface area (TPSA) is 4.93 Å². The number of fused-ring (bicyclic) bond motifs is 3. The van der Waals surface area contributed by atoms with Crippen LogP contribution in [0.5, 0.6) is 0 Å². The van der Waals surface area contributed by atoms with Crippen molar-refractivity contribution in [3.63, 3.8) is 0 Å². The van der Waals surface area contributed by atoms with Crippen LogP contribution in [0.3, 0.4) is 0 Å². The minimum absolute atomic E-state index is 1.02. The molecule has 0 amide bonds. The molecule has 1 nitrogen and oxygen atoms in total. The van der Waals surface area contributed by atoms with Gasteiger partial charge >= 0.3 is 0 Å². The molecule has 94 valence electrons. The van der Waals surface area contributed by atoms with Crippen LogP contribution in [-0.4, -0.2) is 4.57 Å². The Hall–Kier alpha value is -1.76. The summed E-state index contributed by atoms with van der Waals surface area (Å²) in [5, 5.41) is 1.36. The van der Waals surface area contributed by atoms with Gasteiger partial charge in [-0.2, -0.15) is 0 Å². The van der Waals surface area contributed by atoms with E-state index in [0.29, 0.717) is 0 Å². The van der Waals surface area contributed by atoms with Gasteiger partial charge in [0.2, 0.25) is 0 Å². The second kappa shape index (κ2) is 5.72. The van der Waals surface area contributed by atoms with Gasteiger partial charge in [0.25, 0.3) is 0 Å². The lowest BCUT2D eigenvalue weighted by molar-refractivity contribution is 0.789. The number of nitrogens with zero attached hydrogens (tertiary/aromatic N) is 1. The largest absolute Gasteiger partial charge is 0.341 e. The van der Waals surface area contributed by atoms with Gasteiger partial charge in [0.1, 0.15) is 0 Å². The van der Waals surface area contributed by atoms with E-state index < -0.39 is 0 Å². The molecule has 0 spiro atoms. The lowest BCUT2D eigenvalue weighted by atomic mass is 10.1. The van der Waals surface area contributed by atoms with E-state index in [1.54, 1.807) is 0 Å². The smallest absolute Gasteiger partial charge is 0.0491 e. The van der Waals surface area contributed by atoms with Crippen LogP contribution in [-0.2, 0) is 6.54 Å². The third kappa shape index (κ3) is 2.01. The number of para-hydroxylation sites is 1. The Morgan fingerprint density at radius 3 is 2.56 bits per heavy atom. The van der Waals surface area contributed by atoms with Crippen molar-refractivity contribution in [2.24, 2.45) is 0 Å². The van der Waals surface area contributed by atoms with Gasteiger partial charge in [0.15, 0.2) is 0 Å². The van der Waals surface area contributed by atoms with Gasteiger partial charge in [-0.3, -0.25) is 0 Å². The highest BCUT2D eigenvalue weighted by Crippen LogP contribution is 2.29. The average Bonchev–Trinajstić information content (AvgIpc) is 2.59. The Kier molecular flexibility index (Phi) is 4.03. The van der Waals surface area contributed by atoms with Crippen molar-refractivity contribution < 1.29 is 0 Å². The lowest BCUT2D eigenvalue weighted by Crippen LogP contribution is -1.96. The molecule has 1 aromatic heterocycles. The molecule has 0 atom stereocenters. The van der Waals surface area contributed by atoms with Gasteiger partial charge in [0.05, 0.1) is 0 Å². The van der Waals surface area contributed by atoms with Crippen LogP contribution >= 0.6 is 0 Å². The van der Waals surface area contributed by atoms with Gasteiger partial charge in [-0.1, -0.05) is 50.3 Å². The molecule has 0 radical (unpaired) electrons. The van der Waals surface area contributed by atoms with Crippen LogP contribution in [0.15, 0.2) is 36.4 Å². The monoisotopic (exact) mass is 239 g/mol. The zero-order valence-electron chi connectivity index (χ0n) is 11.5. The van der Waals surface area contributed by atoms with Crippen molar-refractivity contribution in [3.8, 4) is 0 Å². The minimum atomic E-state index is 1.02. The van der Waals surface area contributed by atoms with E-state index in [-0.39, 0.29) is 0 Å².